The van der Waals surface area contributed by atoms with E-state index in [1.807, 2.05) is 60.4 Å². The number of nitrogens with one attached hydrogen (secondary N) is 2. The standard InChI is InChI=1S/C17H19N5OS/c1-12(16-19-9-11-24-16)20-17(23)21-14(13-6-4-3-5-7-13)15-18-8-10-22(15)2/h3-12,14H,1-2H3,(H2,20,21,23)/t12-,14-/m0/s1. The van der Waals surface area contributed by atoms with E-state index in [0.29, 0.717) is 0 Å². The quantitative estimate of drug-likeness (QED) is 0.749. The van der Waals surface area contributed by atoms with E-state index in [-0.39, 0.29) is 18.1 Å². The van der Waals surface area contributed by atoms with Gasteiger partial charge in [-0.3, -0.25) is 0 Å². The predicted octanol–water partition coefficient (Wildman–Crippen LogP) is 3.03. The molecule has 0 fully saturated rings. The van der Waals surface area contributed by atoms with Crippen LogP contribution in [0.4, 0.5) is 4.79 Å². The van der Waals surface area contributed by atoms with Crippen molar-refractivity contribution >= 4 is 17.4 Å². The molecule has 6 nitrogen and oxygen atoms in total. The number of hydrogen-bond acceptors (Lipinski definition) is 4. The SMILES string of the molecule is C[C@H](NC(=O)N[C@@H](c1ccccc1)c1nccn1C)c1nccs1. The number of thiazole rings is 1. The van der Waals surface area contributed by atoms with E-state index < -0.39 is 0 Å². The molecule has 2 atom stereocenters. The van der Waals surface area contributed by atoms with Gasteiger partial charge >= 0.3 is 6.03 Å². The molecule has 24 heavy (non-hydrogen) atoms. The van der Waals surface area contributed by atoms with Crippen molar-refractivity contribution < 1.29 is 4.79 Å². The molecule has 0 saturated heterocycles. The lowest BCUT2D eigenvalue weighted by Crippen LogP contribution is -2.40. The number of amides is 2. The molecule has 2 amide bonds. The summed E-state index contributed by atoms with van der Waals surface area (Å²) in [7, 11) is 1.91. The second-order valence-electron chi connectivity index (χ2n) is 5.45. The van der Waals surface area contributed by atoms with Crippen molar-refractivity contribution in [3.63, 3.8) is 0 Å². The van der Waals surface area contributed by atoms with Crippen molar-refractivity contribution in [3.05, 3.63) is 70.7 Å². The van der Waals surface area contributed by atoms with E-state index in [2.05, 4.69) is 20.6 Å². The molecule has 0 radical (unpaired) electrons. The maximum atomic E-state index is 12.5. The average Bonchev–Trinajstić information content (AvgIpc) is 3.25. The fourth-order valence-corrected chi connectivity index (χ4v) is 3.12. The summed E-state index contributed by atoms with van der Waals surface area (Å²) in [5.41, 5.74) is 0.976. The Morgan fingerprint density at radius 3 is 2.58 bits per heavy atom. The fourth-order valence-electron chi connectivity index (χ4n) is 2.48. The van der Waals surface area contributed by atoms with Crippen molar-refractivity contribution in [2.45, 2.75) is 19.0 Å². The van der Waals surface area contributed by atoms with E-state index in [1.165, 1.54) is 11.3 Å². The first-order valence-electron chi connectivity index (χ1n) is 7.63. The number of rotatable bonds is 5. The third-order valence-electron chi connectivity index (χ3n) is 3.69. The number of aromatic nitrogens is 3. The van der Waals surface area contributed by atoms with Gasteiger partial charge in [-0.2, -0.15) is 0 Å². The lowest BCUT2D eigenvalue weighted by atomic mass is 10.1. The van der Waals surface area contributed by atoms with Crippen LogP contribution in [0.2, 0.25) is 0 Å². The Labute approximate surface area is 144 Å². The summed E-state index contributed by atoms with van der Waals surface area (Å²) in [6.07, 6.45) is 5.32. The molecule has 0 unspecified atom stereocenters. The highest BCUT2D eigenvalue weighted by molar-refractivity contribution is 7.09. The number of benzene rings is 1. The Morgan fingerprint density at radius 1 is 1.17 bits per heavy atom. The van der Waals surface area contributed by atoms with E-state index >= 15 is 0 Å². The van der Waals surface area contributed by atoms with Crippen molar-refractivity contribution in [2.24, 2.45) is 7.05 Å². The van der Waals surface area contributed by atoms with Gasteiger partial charge in [-0.25, -0.2) is 14.8 Å². The van der Waals surface area contributed by atoms with Crippen LogP contribution < -0.4 is 10.6 Å². The molecule has 2 heterocycles. The minimum absolute atomic E-state index is 0.150. The first kappa shape index (κ1) is 16.2. The normalized spacial score (nSPS) is 13.2. The second-order valence-corrected chi connectivity index (χ2v) is 6.38. The summed E-state index contributed by atoms with van der Waals surface area (Å²) in [5.74, 6) is 0.776. The lowest BCUT2D eigenvalue weighted by Gasteiger charge is -2.21. The van der Waals surface area contributed by atoms with Crippen LogP contribution >= 0.6 is 11.3 Å². The van der Waals surface area contributed by atoms with Gasteiger partial charge in [0.15, 0.2) is 0 Å². The zero-order valence-corrected chi connectivity index (χ0v) is 14.3. The van der Waals surface area contributed by atoms with Crippen LogP contribution in [0.5, 0.6) is 0 Å². The Balaban J connectivity index is 1.77. The highest BCUT2D eigenvalue weighted by atomic mass is 32.1. The smallest absolute Gasteiger partial charge is 0.316 e. The average molecular weight is 341 g/mol. The maximum Gasteiger partial charge on any atom is 0.316 e. The van der Waals surface area contributed by atoms with E-state index in [4.69, 9.17) is 0 Å². The number of hydrogen-bond donors (Lipinski definition) is 2. The number of aryl methyl sites for hydroxylation is 1. The molecule has 7 heteroatoms. The van der Waals surface area contributed by atoms with Crippen LogP contribution in [0.25, 0.3) is 0 Å². The van der Waals surface area contributed by atoms with Crippen LogP contribution in [-0.4, -0.2) is 20.6 Å². The summed E-state index contributed by atoms with van der Waals surface area (Å²) >= 11 is 1.52. The predicted molar refractivity (Wildman–Crippen MR) is 93.7 cm³/mol. The molecule has 0 spiro atoms. The first-order chi connectivity index (χ1) is 11.6. The molecule has 124 valence electrons. The first-order valence-corrected chi connectivity index (χ1v) is 8.51. The van der Waals surface area contributed by atoms with Crippen molar-refractivity contribution in [3.8, 4) is 0 Å². The summed E-state index contributed by atoms with van der Waals surface area (Å²) in [5, 5.41) is 8.71. The molecule has 0 aliphatic rings. The van der Waals surface area contributed by atoms with Crippen molar-refractivity contribution in [1.82, 2.24) is 25.2 Å². The fraction of sp³-hybridized carbons (Fsp3) is 0.235. The second kappa shape index (κ2) is 7.27. The molecule has 2 N–H and O–H groups in total. The lowest BCUT2D eigenvalue weighted by molar-refractivity contribution is 0.235. The Bertz CT molecular complexity index is 784. The zero-order valence-electron chi connectivity index (χ0n) is 13.5. The molecule has 0 aliphatic heterocycles. The molecular weight excluding hydrogens is 322 g/mol. The number of imidazole rings is 1. The molecule has 0 bridgehead atoms. The Morgan fingerprint density at radius 2 is 1.96 bits per heavy atom. The van der Waals surface area contributed by atoms with Gasteiger partial charge < -0.3 is 15.2 Å². The minimum Gasteiger partial charge on any atom is -0.336 e. The van der Waals surface area contributed by atoms with E-state index in [9.17, 15) is 4.79 Å². The third-order valence-corrected chi connectivity index (χ3v) is 4.65. The largest absolute Gasteiger partial charge is 0.336 e. The van der Waals surface area contributed by atoms with Crippen LogP contribution in [-0.2, 0) is 7.05 Å². The number of urea groups is 1. The van der Waals surface area contributed by atoms with Gasteiger partial charge in [-0.05, 0) is 12.5 Å². The highest BCUT2D eigenvalue weighted by Gasteiger charge is 2.21. The van der Waals surface area contributed by atoms with Gasteiger partial charge in [-0.1, -0.05) is 30.3 Å². The molecule has 3 rings (SSSR count). The number of nitrogens with zero attached hydrogens (tertiary/aromatic N) is 3. The zero-order chi connectivity index (χ0) is 16.9. The van der Waals surface area contributed by atoms with Gasteiger partial charge in [0.05, 0.1) is 6.04 Å². The van der Waals surface area contributed by atoms with Gasteiger partial charge in [0, 0.05) is 31.0 Å². The van der Waals surface area contributed by atoms with Crippen LogP contribution in [0.1, 0.15) is 35.4 Å². The van der Waals surface area contributed by atoms with Gasteiger partial charge in [0.1, 0.15) is 16.9 Å². The Hall–Kier alpha value is -2.67. The minimum atomic E-state index is -0.324. The summed E-state index contributed by atoms with van der Waals surface area (Å²) in [6, 6.07) is 9.07. The van der Waals surface area contributed by atoms with Crippen LogP contribution in [0.15, 0.2) is 54.3 Å². The van der Waals surface area contributed by atoms with Crippen molar-refractivity contribution in [2.75, 3.05) is 0 Å². The summed E-state index contributed by atoms with van der Waals surface area (Å²) in [6.45, 7) is 1.91. The maximum absolute atomic E-state index is 12.5. The molecular formula is C17H19N5OS. The number of carbonyl (C=O) groups excluding carboxylic acids is 1. The molecule has 1 aromatic carbocycles. The van der Waals surface area contributed by atoms with Crippen molar-refractivity contribution in [1.29, 1.82) is 0 Å². The molecule has 0 aliphatic carbocycles. The summed E-state index contributed by atoms with van der Waals surface area (Å²) in [4.78, 5) is 21.1. The van der Waals surface area contributed by atoms with Crippen LogP contribution in [0.3, 0.4) is 0 Å². The molecule has 3 aromatic rings. The Kier molecular flexibility index (Phi) is 4.90. The monoisotopic (exact) mass is 341 g/mol. The summed E-state index contributed by atoms with van der Waals surface area (Å²) < 4.78 is 1.90. The highest BCUT2D eigenvalue weighted by Crippen LogP contribution is 2.20. The van der Waals surface area contributed by atoms with Gasteiger partial charge in [-0.15, -0.1) is 11.3 Å². The van der Waals surface area contributed by atoms with E-state index in [1.54, 1.807) is 12.4 Å². The van der Waals surface area contributed by atoms with E-state index in [0.717, 1.165) is 16.4 Å². The molecule has 0 saturated carbocycles. The van der Waals surface area contributed by atoms with Gasteiger partial charge in [0.2, 0.25) is 0 Å². The number of carbonyl (C=O) groups is 1. The third kappa shape index (κ3) is 3.62. The molecule has 2 aromatic heterocycles. The van der Waals surface area contributed by atoms with Gasteiger partial charge in [0.25, 0.3) is 0 Å². The topological polar surface area (TPSA) is 71.8 Å². The van der Waals surface area contributed by atoms with Crippen LogP contribution in [0, 0.1) is 0 Å².